The zero-order chi connectivity index (χ0) is 14.5. The van der Waals surface area contributed by atoms with Gasteiger partial charge in [0.15, 0.2) is 0 Å². The minimum Gasteiger partial charge on any atom is -0.399 e. The lowest BCUT2D eigenvalue weighted by Crippen LogP contribution is -2.23. The first kappa shape index (κ1) is 14.0. The zero-order valence-corrected chi connectivity index (χ0v) is 11.9. The van der Waals surface area contributed by atoms with Crippen LogP contribution in [-0.4, -0.2) is 6.54 Å². The van der Waals surface area contributed by atoms with E-state index in [4.69, 9.17) is 5.73 Å². The van der Waals surface area contributed by atoms with Crippen molar-refractivity contribution in [1.82, 2.24) is 0 Å². The fourth-order valence-electron chi connectivity index (χ4n) is 2.29. The van der Waals surface area contributed by atoms with Crippen LogP contribution in [0.2, 0.25) is 0 Å². The molecule has 0 spiro atoms. The van der Waals surface area contributed by atoms with Crippen LogP contribution in [0.3, 0.4) is 0 Å². The first-order chi connectivity index (χ1) is 9.63. The summed E-state index contributed by atoms with van der Waals surface area (Å²) in [5, 5.41) is 9.30. The predicted octanol–water partition coefficient (Wildman–Crippen LogP) is 3.48. The van der Waals surface area contributed by atoms with Crippen molar-refractivity contribution in [2.75, 3.05) is 17.2 Å². The average molecular weight is 265 g/mol. The van der Waals surface area contributed by atoms with Gasteiger partial charge in [-0.25, -0.2) is 0 Å². The van der Waals surface area contributed by atoms with Crippen molar-refractivity contribution in [3.63, 3.8) is 0 Å². The van der Waals surface area contributed by atoms with E-state index < -0.39 is 0 Å². The van der Waals surface area contributed by atoms with Crippen LogP contribution < -0.4 is 10.6 Å². The Morgan fingerprint density at radius 1 is 1.20 bits per heavy atom. The van der Waals surface area contributed by atoms with E-state index in [1.54, 1.807) is 0 Å². The minimum absolute atomic E-state index is 0.718. The molecule has 0 saturated heterocycles. The number of anilines is 2. The van der Waals surface area contributed by atoms with Crippen LogP contribution in [0.15, 0.2) is 42.5 Å². The van der Waals surface area contributed by atoms with E-state index in [0.717, 1.165) is 41.2 Å². The molecule has 0 unspecified atom stereocenters. The number of nitriles is 1. The van der Waals surface area contributed by atoms with Gasteiger partial charge in [0.25, 0.3) is 0 Å². The molecular weight excluding hydrogens is 246 g/mol. The Labute approximate surface area is 120 Å². The topological polar surface area (TPSA) is 53.0 Å². The summed E-state index contributed by atoms with van der Waals surface area (Å²) in [6.45, 7) is 5.68. The van der Waals surface area contributed by atoms with Crippen molar-refractivity contribution in [1.29, 1.82) is 5.26 Å². The largest absolute Gasteiger partial charge is 0.399 e. The van der Waals surface area contributed by atoms with Crippen molar-refractivity contribution in [3.8, 4) is 6.07 Å². The lowest BCUT2D eigenvalue weighted by Gasteiger charge is -2.24. The third kappa shape index (κ3) is 3.10. The van der Waals surface area contributed by atoms with E-state index in [1.807, 2.05) is 43.3 Å². The fraction of sp³-hybridized carbons (Fsp3) is 0.235. The summed E-state index contributed by atoms with van der Waals surface area (Å²) in [5.74, 6) is 0. The maximum Gasteiger partial charge on any atom is 0.101 e. The van der Waals surface area contributed by atoms with Gasteiger partial charge >= 0.3 is 0 Å². The number of nitrogen functional groups attached to an aromatic ring is 1. The van der Waals surface area contributed by atoms with Gasteiger partial charge in [0, 0.05) is 18.8 Å². The lowest BCUT2D eigenvalue weighted by atomic mass is 10.1. The van der Waals surface area contributed by atoms with Gasteiger partial charge in [-0.1, -0.05) is 18.2 Å². The summed E-state index contributed by atoms with van der Waals surface area (Å²) in [7, 11) is 0. The van der Waals surface area contributed by atoms with Crippen molar-refractivity contribution in [2.45, 2.75) is 20.4 Å². The molecule has 2 aromatic carbocycles. The van der Waals surface area contributed by atoms with Crippen molar-refractivity contribution in [2.24, 2.45) is 0 Å². The van der Waals surface area contributed by atoms with Gasteiger partial charge in [0.2, 0.25) is 0 Å². The highest BCUT2D eigenvalue weighted by atomic mass is 15.1. The summed E-state index contributed by atoms with van der Waals surface area (Å²) in [6.07, 6.45) is 0. The maximum atomic E-state index is 9.30. The Morgan fingerprint density at radius 3 is 2.65 bits per heavy atom. The highest BCUT2D eigenvalue weighted by Gasteiger charge is 2.10. The quantitative estimate of drug-likeness (QED) is 0.861. The second-order valence-electron chi connectivity index (χ2n) is 4.89. The van der Waals surface area contributed by atoms with Gasteiger partial charge in [-0.3, -0.25) is 0 Å². The van der Waals surface area contributed by atoms with E-state index in [-0.39, 0.29) is 0 Å². The monoisotopic (exact) mass is 265 g/mol. The van der Waals surface area contributed by atoms with Crippen LogP contribution >= 0.6 is 0 Å². The zero-order valence-electron chi connectivity index (χ0n) is 11.9. The SMILES string of the molecule is CCN(Cc1cccc(N)c1)c1ccc(C)cc1C#N. The number of aryl methyl sites for hydroxylation is 1. The molecule has 0 saturated carbocycles. The number of nitrogens with zero attached hydrogens (tertiary/aromatic N) is 2. The van der Waals surface area contributed by atoms with Crippen LogP contribution in [0, 0.1) is 18.3 Å². The molecule has 2 rings (SSSR count). The summed E-state index contributed by atoms with van der Waals surface area (Å²) >= 11 is 0. The number of nitrogens with two attached hydrogens (primary N) is 1. The molecular formula is C17H19N3. The van der Waals surface area contributed by atoms with Gasteiger partial charge in [0.1, 0.15) is 6.07 Å². The van der Waals surface area contributed by atoms with E-state index in [0.29, 0.717) is 0 Å². The third-order valence-electron chi connectivity index (χ3n) is 3.32. The Hall–Kier alpha value is -2.47. The first-order valence-corrected chi connectivity index (χ1v) is 6.74. The van der Waals surface area contributed by atoms with Gasteiger partial charge in [-0.05, 0) is 49.2 Å². The molecule has 20 heavy (non-hydrogen) atoms. The van der Waals surface area contributed by atoms with E-state index in [1.165, 1.54) is 0 Å². The standard InChI is InChI=1S/C17H19N3/c1-3-20(12-14-5-4-6-16(19)10-14)17-8-7-13(2)9-15(17)11-18/h4-10H,3,12,19H2,1-2H3. The van der Waals surface area contributed by atoms with E-state index >= 15 is 0 Å². The molecule has 0 bridgehead atoms. The highest BCUT2D eigenvalue weighted by molar-refractivity contribution is 5.60. The second-order valence-corrected chi connectivity index (χ2v) is 4.89. The lowest BCUT2D eigenvalue weighted by molar-refractivity contribution is 0.830. The molecule has 0 aliphatic rings. The summed E-state index contributed by atoms with van der Waals surface area (Å²) in [5.41, 5.74) is 10.5. The Kier molecular flexibility index (Phi) is 4.27. The minimum atomic E-state index is 0.718. The fourth-order valence-corrected chi connectivity index (χ4v) is 2.29. The first-order valence-electron chi connectivity index (χ1n) is 6.74. The van der Waals surface area contributed by atoms with Gasteiger partial charge < -0.3 is 10.6 Å². The number of hydrogen-bond donors (Lipinski definition) is 1. The average Bonchev–Trinajstić information content (AvgIpc) is 2.45. The number of benzene rings is 2. The van der Waals surface area contributed by atoms with Crippen LogP contribution in [0.1, 0.15) is 23.6 Å². The summed E-state index contributed by atoms with van der Waals surface area (Å²) in [6, 6.07) is 16.1. The molecule has 102 valence electrons. The molecule has 3 heteroatoms. The summed E-state index contributed by atoms with van der Waals surface area (Å²) < 4.78 is 0. The number of rotatable bonds is 4. The molecule has 0 aromatic heterocycles. The predicted molar refractivity (Wildman–Crippen MR) is 83.5 cm³/mol. The van der Waals surface area contributed by atoms with Crippen molar-refractivity contribution in [3.05, 3.63) is 59.2 Å². The van der Waals surface area contributed by atoms with Crippen molar-refractivity contribution >= 4 is 11.4 Å². The molecule has 3 nitrogen and oxygen atoms in total. The summed E-state index contributed by atoms with van der Waals surface area (Å²) in [4.78, 5) is 2.19. The Morgan fingerprint density at radius 2 is 2.00 bits per heavy atom. The molecule has 0 aliphatic heterocycles. The Balaban J connectivity index is 2.31. The van der Waals surface area contributed by atoms with Crippen molar-refractivity contribution < 1.29 is 0 Å². The molecule has 0 radical (unpaired) electrons. The highest BCUT2D eigenvalue weighted by Crippen LogP contribution is 2.23. The molecule has 0 aliphatic carbocycles. The molecule has 2 N–H and O–H groups in total. The van der Waals surface area contributed by atoms with Crippen LogP contribution in [0.5, 0.6) is 0 Å². The molecule has 0 amide bonds. The van der Waals surface area contributed by atoms with Gasteiger partial charge in [-0.2, -0.15) is 5.26 Å². The third-order valence-corrected chi connectivity index (χ3v) is 3.32. The van der Waals surface area contributed by atoms with E-state index in [9.17, 15) is 5.26 Å². The van der Waals surface area contributed by atoms with Crippen LogP contribution in [0.4, 0.5) is 11.4 Å². The molecule has 0 heterocycles. The van der Waals surface area contributed by atoms with Gasteiger partial charge in [-0.15, -0.1) is 0 Å². The normalized spacial score (nSPS) is 10.1. The van der Waals surface area contributed by atoms with Crippen LogP contribution in [-0.2, 0) is 6.54 Å². The molecule has 0 atom stereocenters. The van der Waals surface area contributed by atoms with Crippen LogP contribution in [0.25, 0.3) is 0 Å². The van der Waals surface area contributed by atoms with E-state index in [2.05, 4.69) is 24.0 Å². The smallest absolute Gasteiger partial charge is 0.101 e. The maximum absolute atomic E-state index is 9.30. The second kappa shape index (κ2) is 6.12. The Bertz CT molecular complexity index is 641. The number of hydrogen-bond acceptors (Lipinski definition) is 3. The van der Waals surface area contributed by atoms with Gasteiger partial charge in [0.05, 0.1) is 11.3 Å². The molecule has 0 fully saturated rings. The molecule has 2 aromatic rings.